The summed E-state index contributed by atoms with van der Waals surface area (Å²) in [4.78, 5) is 14.3. The maximum atomic E-state index is 12.5. The zero-order chi connectivity index (χ0) is 15.4. The highest BCUT2D eigenvalue weighted by atomic mass is 16.2. The van der Waals surface area contributed by atoms with E-state index in [0.717, 1.165) is 18.7 Å². The molecule has 4 nitrogen and oxygen atoms in total. The largest absolute Gasteiger partial charge is 0.380 e. The van der Waals surface area contributed by atoms with E-state index in [2.05, 4.69) is 11.4 Å². The number of nitrogens with one attached hydrogen (secondary N) is 1. The molecular formula is C18H17N3O. The van der Waals surface area contributed by atoms with Crippen molar-refractivity contribution in [2.75, 3.05) is 18.4 Å². The van der Waals surface area contributed by atoms with Gasteiger partial charge in [-0.25, -0.2) is 0 Å². The number of hydrogen-bond acceptors (Lipinski definition) is 3. The SMILES string of the molecule is N#Cc1cccc(C(=O)N2CC[C@@H](Nc3ccccc3)C2)c1. The van der Waals surface area contributed by atoms with Gasteiger partial charge in [-0.1, -0.05) is 24.3 Å². The Balaban J connectivity index is 1.64. The summed E-state index contributed by atoms with van der Waals surface area (Å²) in [6.45, 7) is 1.42. The average molecular weight is 291 g/mol. The lowest BCUT2D eigenvalue weighted by Crippen LogP contribution is -2.31. The van der Waals surface area contributed by atoms with Gasteiger partial charge in [0.05, 0.1) is 11.6 Å². The minimum absolute atomic E-state index is 0.00513. The van der Waals surface area contributed by atoms with E-state index in [-0.39, 0.29) is 11.9 Å². The molecule has 0 bridgehead atoms. The third-order valence-electron chi connectivity index (χ3n) is 3.86. The topological polar surface area (TPSA) is 56.1 Å². The van der Waals surface area contributed by atoms with Gasteiger partial charge in [-0.15, -0.1) is 0 Å². The number of carbonyl (C=O) groups excluding carboxylic acids is 1. The molecule has 0 aliphatic carbocycles. The van der Waals surface area contributed by atoms with Crippen LogP contribution in [0.4, 0.5) is 5.69 Å². The summed E-state index contributed by atoms with van der Waals surface area (Å²) in [7, 11) is 0. The minimum atomic E-state index is -0.00513. The minimum Gasteiger partial charge on any atom is -0.380 e. The van der Waals surface area contributed by atoms with Crippen LogP contribution in [-0.4, -0.2) is 29.9 Å². The number of amides is 1. The molecule has 1 heterocycles. The zero-order valence-corrected chi connectivity index (χ0v) is 12.2. The summed E-state index contributed by atoms with van der Waals surface area (Å²) in [5.41, 5.74) is 2.18. The van der Waals surface area contributed by atoms with Crippen LogP contribution in [0.25, 0.3) is 0 Å². The fourth-order valence-electron chi connectivity index (χ4n) is 2.74. The summed E-state index contributed by atoms with van der Waals surface area (Å²) >= 11 is 0. The van der Waals surface area contributed by atoms with Crippen LogP contribution in [0.2, 0.25) is 0 Å². The van der Waals surface area contributed by atoms with E-state index in [1.54, 1.807) is 24.3 Å². The van der Waals surface area contributed by atoms with Crippen molar-refractivity contribution in [1.29, 1.82) is 5.26 Å². The van der Waals surface area contributed by atoms with Gasteiger partial charge in [0.25, 0.3) is 5.91 Å². The van der Waals surface area contributed by atoms with Crippen LogP contribution in [0.3, 0.4) is 0 Å². The van der Waals surface area contributed by atoms with Gasteiger partial charge in [0.15, 0.2) is 0 Å². The smallest absolute Gasteiger partial charge is 0.253 e. The number of likely N-dealkylation sites (tertiary alicyclic amines) is 1. The predicted octanol–water partition coefficient (Wildman–Crippen LogP) is 2.88. The van der Waals surface area contributed by atoms with E-state index in [4.69, 9.17) is 5.26 Å². The molecule has 1 amide bonds. The van der Waals surface area contributed by atoms with Gasteiger partial charge in [-0.2, -0.15) is 5.26 Å². The van der Waals surface area contributed by atoms with Crippen molar-refractivity contribution in [1.82, 2.24) is 4.90 Å². The van der Waals surface area contributed by atoms with Gasteiger partial charge < -0.3 is 10.2 Å². The molecule has 1 aliphatic rings. The first-order valence-corrected chi connectivity index (χ1v) is 7.37. The summed E-state index contributed by atoms with van der Waals surface area (Å²) in [6, 6.07) is 19.2. The maximum absolute atomic E-state index is 12.5. The standard InChI is InChI=1S/C18H17N3O/c19-12-14-5-4-6-15(11-14)18(22)21-10-9-17(13-21)20-16-7-2-1-3-8-16/h1-8,11,17,20H,9-10,13H2/t17-/m1/s1. The quantitative estimate of drug-likeness (QED) is 0.946. The molecule has 0 saturated carbocycles. The Labute approximate surface area is 130 Å². The van der Waals surface area contributed by atoms with Gasteiger partial charge in [-0.05, 0) is 36.8 Å². The molecule has 1 saturated heterocycles. The van der Waals surface area contributed by atoms with Crippen LogP contribution >= 0.6 is 0 Å². The van der Waals surface area contributed by atoms with E-state index in [1.807, 2.05) is 35.2 Å². The lowest BCUT2D eigenvalue weighted by molar-refractivity contribution is 0.0791. The number of nitrogens with zero attached hydrogens (tertiary/aromatic N) is 2. The third-order valence-corrected chi connectivity index (χ3v) is 3.86. The molecule has 2 aromatic carbocycles. The highest BCUT2D eigenvalue weighted by Gasteiger charge is 2.26. The first-order valence-electron chi connectivity index (χ1n) is 7.37. The van der Waals surface area contributed by atoms with Crippen molar-refractivity contribution in [3.63, 3.8) is 0 Å². The van der Waals surface area contributed by atoms with Crippen molar-refractivity contribution < 1.29 is 4.79 Å². The monoisotopic (exact) mass is 291 g/mol. The highest BCUT2D eigenvalue weighted by molar-refractivity contribution is 5.94. The maximum Gasteiger partial charge on any atom is 0.253 e. The Morgan fingerprint density at radius 1 is 1.18 bits per heavy atom. The Morgan fingerprint density at radius 3 is 2.77 bits per heavy atom. The molecule has 1 atom stereocenters. The Kier molecular flexibility index (Phi) is 4.06. The molecule has 0 radical (unpaired) electrons. The number of anilines is 1. The van der Waals surface area contributed by atoms with Crippen molar-refractivity contribution in [3.8, 4) is 6.07 Å². The van der Waals surface area contributed by atoms with Crippen molar-refractivity contribution in [2.45, 2.75) is 12.5 Å². The summed E-state index contributed by atoms with van der Waals surface area (Å²) in [5.74, 6) is -0.00513. The second kappa shape index (κ2) is 6.31. The predicted molar refractivity (Wildman–Crippen MR) is 85.5 cm³/mol. The van der Waals surface area contributed by atoms with Crippen LogP contribution < -0.4 is 5.32 Å². The number of carbonyl (C=O) groups is 1. The molecule has 0 aromatic heterocycles. The molecular weight excluding hydrogens is 274 g/mol. The molecule has 3 rings (SSSR count). The van der Waals surface area contributed by atoms with Gasteiger partial charge in [0.2, 0.25) is 0 Å². The molecule has 4 heteroatoms. The highest BCUT2D eigenvalue weighted by Crippen LogP contribution is 2.18. The zero-order valence-electron chi connectivity index (χ0n) is 12.2. The molecule has 22 heavy (non-hydrogen) atoms. The first kappa shape index (κ1) is 14.2. The van der Waals surface area contributed by atoms with E-state index < -0.39 is 0 Å². The van der Waals surface area contributed by atoms with E-state index in [9.17, 15) is 4.79 Å². The number of para-hydroxylation sites is 1. The van der Waals surface area contributed by atoms with E-state index in [0.29, 0.717) is 17.7 Å². The average Bonchev–Trinajstić information content (AvgIpc) is 3.03. The van der Waals surface area contributed by atoms with Crippen molar-refractivity contribution in [2.24, 2.45) is 0 Å². The van der Waals surface area contributed by atoms with E-state index in [1.165, 1.54) is 0 Å². The first-order chi connectivity index (χ1) is 10.8. The molecule has 1 aliphatic heterocycles. The fraction of sp³-hybridized carbons (Fsp3) is 0.222. The van der Waals surface area contributed by atoms with Crippen LogP contribution in [0.15, 0.2) is 54.6 Å². The van der Waals surface area contributed by atoms with Crippen molar-refractivity contribution in [3.05, 3.63) is 65.7 Å². The normalized spacial score (nSPS) is 17.0. The van der Waals surface area contributed by atoms with Crippen LogP contribution in [0.1, 0.15) is 22.3 Å². The number of hydrogen-bond donors (Lipinski definition) is 1. The summed E-state index contributed by atoms with van der Waals surface area (Å²) < 4.78 is 0. The summed E-state index contributed by atoms with van der Waals surface area (Å²) in [6.07, 6.45) is 0.929. The fourth-order valence-corrected chi connectivity index (χ4v) is 2.74. The van der Waals surface area contributed by atoms with Gasteiger partial charge >= 0.3 is 0 Å². The Bertz CT molecular complexity index is 706. The molecule has 0 spiro atoms. The molecule has 1 N–H and O–H groups in total. The molecule has 110 valence electrons. The molecule has 1 fully saturated rings. The number of rotatable bonds is 3. The van der Waals surface area contributed by atoms with E-state index >= 15 is 0 Å². The van der Waals surface area contributed by atoms with Crippen LogP contribution in [0.5, 0.6) is 0 Å². The summed E-state index contributed by atoms with van der Waals surface area (Å²) in [5, 5.41) is 12.4. The van der Waals surface area contributed by atoms with Gasteiger partial charge in [0.1, 0.15) is 0 Å². The lowest BCUT2D eigenvalue weighted by atomic mass is 10.1. The Morgan fingerprint density at radius 2 is 2.00 bits per heavy atom. The number of nitriles is 1. The molecule has 0 unspecified atom stereocenters. The van der Waals surface area contributed by atoms with Crippen LogP contribution in [0, 0.1) is 11.3 Å². The molecule has 2 aromatic rings. The second-order valence-electron chi connectivity index (χ2n) is 5.44. The van der Waals surface area contributed by atoms with Crippen molar-refractivity contribution >= 4 is 11.6 Å². The Hall–Kier alpha value is -2.80. The van der Waals surface area contributed by atoms with Crippen LogP contribution in [-0.2, 0) is 0 Å². The van der Waals surface area contributed by atoms with Gasteiger partial charge in [0, 0.05) is 30.4 Å². The number of benzene rings is 2. The third kappa shape index (κ3) is 3.09. The lowest BCUT2D eigenvalue weighted by Gasteiger charge is -2.18. The second-order valence-corrected chi connectivity index (χ2v) is 5.44. The van der Waals surface area contributed by atoms with Gasteiger partial charge in [-0.3, -0.25) is 4.79 Å².